The number of piperazine rings is 1. The second-order valence-electron chi connectivity index (χ2n) is 10.6. The van der Waals surface area contributed by atoms with E-state index in [1.54, 1.807) is 23.0 Å². The summed E-state index contributed by atoms with van der Waals surface area (Å²) >= 11 is 0. The molecule has 1 aromatic carbocycles. The van der Waals surface area contributed by atoms with Gasteiger partial charge in [0.2, 0.25) is 5.91 Å². The number of nitrogens with one attached hydrogen (secondary N) is 1. The van der Waals surface area contributed by atoms with Crippen molar-refractivity contribution in [3.63, 3.8) is 0 Å². The maximum absolute atomic E-state index is 13.6. The van der Waals surface area contributed by atoms with Crippen LogP contribution in [0.5, 0.6) is 0 Å². The zero-order valence-electron chi connectivity index (χ0n) is 22.0. The Bertz CT molecular complexity index is 1420. The summed E-state index contributed by atoms with van der Waals surface area (Å²) in [4.78, 5) is 51.2. The van der Waals surface area contributed by atoms with Crippen LogP contribution in [-0.4, -0.2) is 106 Å². The first-order valence-corrected chi connectivity index (χ1v) is 13.4. The van der Waals surface area contributed by atoms with E-state index in [1.807, 2.05) is 21.9 Å². The number of aromatic nitrogens is 3. The molecule has 0 radical (unpaired) electrons. The number of primary amides is 1. The highest BCUT2D eigenvalue weighted by Crippen LogP contribution is 2.37. The van der Waals surface area contributed by atoms with Gasteiger partial charge in [-0.1, -0.05) is 0 Å². The molecule has 2 saturated heterocycles. The molecule has 2 fully saturated rings. The van der Waals surface area contributed by atoms with Gasteiger partial charge in [0, 0.05) is 56.7 Å². The minimum absolute atomic E-state index is 0.0536. The van der Waals surface area contributed by atoms with E-state index >= 15 is 0 Å². The number of benzene rings is 1. The van der Waals surface area contributed by atoms with Crippen LogP contribution >= 0.6 is 0 Å². The summed E-state index contributed by atoms with van der Waals surface area (Å²) in [6, 6.07) is 5.85. The van der Waals surface area contributed by atoms with Gasteiger partial charge in [-0.25, -0.2) is 9.50 Å². The molecule has 6 rings (SSSR count). The number of nitrogens with zero attached hydrogens (tertiary/aromatic N) is 7. The predicted molar refractivity (Wildman–Crippen MR) is 146 cm³/mol. The van der Waals surface area contributed by atoms with Gasteiger partial charge >= 0.3 is 0 Å². The Morgan fingerprint density at radius 3 is 2.62 bits per heavy atom. The van der Waals surface area contributed by atoms with Gasteiger partial charge in [0.25, 0.3) is 11.8 Å². The number of amides is 3. The summed E-state index contributed by atoms with van der Waals surface area (Å²) in [5.74, 6) is -0.609. The molecule has 12 heteroatoms. The Labute approximate surface area is 226 Å². The smallest absolute Gasteiger partial charge is 0.261 e. The third kappa shape index (κ3) is 4.92. The van der Waals surface area contributed by atoms with Gasteiger partial charge in [-0.15, -0.1) is 0 Å². The van der Waals surface area contributed by atoms with E-state index < -0.39 is 0 Å². The number of nitrogens with two attached hydrogens (primary N) is 1. The number of carbonyl (C=O) groups is 3. The van der Waals surface area contributed by atoms with Crippen molar-refractivity contribution in [3.8, 4) is 0 Å². The molecular formula is C27H33N9O3. The van der Waals surface area contributed by atoms with Crippen molar-refractivity contribution in [2.24, 2.45) is 5.73 Å². The van der Waals surface area contributed by atoms with Crippen LogP contribution in [0.15, 0.2) is 36.8 Å². The average molecular weight is 532 g/mol. The summed E-state index contributed by atoms with van der Waals surface area (Å²) in [5.41, 5.74) is 9.30. The first kappa shape index (κ1) is 25.3. The maximum atomic E-state index is 13.6. The SMILES string of the molecule is CN1CCC(N2Cc3cc(NC(=O)c4cnn5cccnc45)c(N4CCN(CC(N)=O)CC4)cc3C2=O)CC1. The lowest BCUT2D eigenvalue weighted by atomic mass is 10.0. The maximum Gasteiger partial charge on any atom is 0.261 e. The number of piperidine rings is 1. The molecule has 5 heterocycles. The Morgan fingerprint density at radius 2 is 1.87 bits per heavy atom. The normalized spacial score (nSPS) is 19.1. The van der Waals surface area contributed by atoms with Crippen LogP contribution < -0.4 is 16.0 Å². The van der Waals surface area contributed by atoms with E-state index in [-0.39, 0.29) is 30.3 Å². The van der Waals surface area contributed by atoms with Crippen LogP contribution in [0.3, 0.4) is 0 Å². The van der Waals surface area contributed by atoms with E-state index in [2.05, 4.69) is 32.2 Å². The number of fused-ring (bicyclic) bond motifs is 2. The molecule has 0 atom stereocenters. The lowest BCUT2D eigenvalue weighted by Crippen LogP contribution is -2.49. The van der Waals surface area contributed by atoms with Crippen molar-refractivity contribution in [1.29, 1.82) is 0 Å². The fourth-order valence-corrected chi connectivity index (χ4v) is 5.88. The van der Waals surface area contributed by atoms with Crippen LogP contribution in [0.4, 0.5) is 11.4 Å². The molecule has 204 valence electrons. The Hall–Kier alpha value is -4.03. The molecule has 0 saturated carbocycles. The summed E-state index contributed by atoms with van der Waals surface area (Å²) < 4.78 is 1.56. The highest BCUT2D eigenvalue weighted by atomic mass is 16.2. The standard InChI is InChI=1S/C27H33N9O3/c1-32-7-3-19(4-8-32)35-16-18-13-22(31-26(38)21-15-30-36-6-2-5-29-25(21)36)23(14-20(18)27(35)39)34-11-9-33(10-12-34)17-24(28)37/h2,5-6,13-15,19H,3-4,7-12,16-17H2,1H3,(H2,28,37)(H,31,38). The van der Waals surface area contributed by atoms with Crippen molar-refractivity contribution in [1.82, 2.24) is 29.3 Å². The molecule has 0 spiro atoms. The molecule has 3 aromatic rings. The molecule has 12 nitrogen and oxygen atoms in total. The van der Waals surface area contributed by atoms with Gasteiger partial charge in [-0.2, -0.15) is 5.10 Å². The van der Waals surface area contributed by atoms with E-state index in [1.165, 1.54) is 6.20 Å². The van der Waals surface area contributed by atoms with Crippen LogP contribution in [-0.2, 0) is 11.3 Å². The first-order chi connectivity index (χ1) is 18.9. The van der Waals surface area contributed by atoms with Crippen molar-refractivity contribution >= 4 is 34.7 Å². The van der Waals surface area contributed by atoms with Crippen LogP contribution in [0.25, 0.3) is 5.65 Å². The van der Waals surface area contributed by atoms with Gasteiger partial charge < -0.3 is 25.8 Å². The molecule has 3 aliphatic heterocycles. The molecule has 3 N–H and O–H groups in total. The quantitative estimate of drug-likeness (QED) is 0.474. The molecule has 0 unspecified atom stereocenters. The number of likely N-dealkylation sites (tertiary alicyclic amines) is 1. The topological polar surface area (TPSA) is 132 Å². The lowest BCUT2D eigenvalue weighted by molar-refractivity contribution is -0.119. The second-order valence-corrected chi connectivity index (χ2v) is 10.6. The predicted octanol–water partition coefficient (Wildman–Crippen LogP) is 0.639. The van der Waals surface area contributed by atoms with Crippen LogP contribution in [0, 0.1) is 0 Å². The molecule has 3 aliphatic rings. The number of anilines is 2. The van der Waals surface area contributed by atoms with E-state index in [4.69, 9.17) is 5.73 Å². The fraction of sp³-hybridized carbons (Fsp3) is 0.444. The molecular weight excluding hydrogens is 498 g/mol. The fourth-order valence-electron chi connectivity index (χ4n) is 5.88. The van der Waals surface area contributed by atoms with Gasteiger partial charge in [-0.3, -0.25) is 19.3 Å². The zero-order valence-corrected chi connectivity index (χ0v) is 22.0. The first-order valence-electron chi connectivity index (χ1n) is 13.4. The third-order valence-electron chi connectivity index (χ3n) is 8.05. The van der Waals surface area contributed by atoms with Gasteiger partial charge in [0.1, 0.15) is 5.56 Å². The largest absolute Gasteiger partial charge is 0.369 e. The Balaban J connectivity index is 1.30. The van der Waals surface area contributed by atoms with Crippen molar-refractivity contribution in [2.45, 2.75) is 25.4 Å². The molecule has 2 aromatic heterocycles. The molecule has 0 bridgehead atoms. The summed E-state index contributed by atoms with van der Waals surface area (Å²) in [6.07, 6.45) is 6.79. The summed E-state index contributed by atoms with van der Waals surface area (Å²) in [7, 11) is 2.11. The van der Waals surface area contributed by atoms with Gasteiger partial charge in [0.15, 0.2) is 5.65 Å². The van der Waals surface area contributed by atoms with Crippen molar-refractivity contribution in [3.05, 3.63) is 53.5 Å². The zero-order chi connectivity index (χ0) is 27.1. The van der Waals surface area contributed by atoms with E-state index in [0.717, 1.165) is 37.2 Å². The van der Waals surface area contributed by atoms with E-state index in [9.17, 15) is 14.4 Å². The third-order valence-corrected chi connectivity index (χ3v) is 8.05. The Morgan fingerprint density at radius 1 is 1.10 bits per heavy atom. The van der Waals surface area contributed by atoms with Crippen molar-refractivity contribution < 1.29 is 14.4 Å². The number of carbonyl (C=O) groups excluding carboxylic acids is 3. The van der Waals surface area contributed by atoms with Gasteiger partial charge in [0.05, 0.1) is 24.1 Å². The number of rotatable bonds is 6. The van der Waals surface area contributed by atoms with E-state index in [0.29, 0.717) is 55.2 Å². The van der Waals surface area contributed by atoms with Crippen LogP contribution in [0.1, 0.15) is 39.1 Å². The summed E-state index contributed by atoms with van der Waals surface area (Å²) in [6.45, 7) is 5.28. The average Bonchev–Trinajstić information content (AvgIpc) is 3.50. The van der Waals surface area contributed by atoms with Gasteiger partial charge in [-0.05, 0) is 56.7 Å². The van der Waals surface area contributed by atoms with Crippen LogP contribution in [0.2, 0.25) is 0 Å². The number of hydrogen-bond acceptors (Lipinski definition) is 8. The molecule has 0 aliphatic carbocycles. The molecule has 39 heavy (non-hydrogen) atoms. The highest BCUT2D eigenvalue weighted by Gasteiger charge is 2.36. The highest BCUT2D eigenvalue weighted by molar-refractivity contribution is 6.10. The monoisotopic (exact) mass is 531 g/mol. The second kappa shape index (κ2) is 10.3. The minimum Gasteiger partial charge on any atom is -0.369 e. The lowest BCUT2D eigenvalue weighted by Gasteiger charge is -2.36. The summed E-state index contributed by atoms with van der Waals surface area (Å²) in [5, 5.41) is 7.34. The number of hydrogen-bond donors (Lipinski definition) is 2. The Kier molecular flexibility index (Phi) is 6.65. The van der Waals surface area contributed by atoms with Crippen molar-refractivity contribution in [2.75, 3.05) is 63.1 Å². The molecule has 3 amide bonds. The minimum atomic E-state index is -0.351.